The normalized spacial score (nSPS) is 12.3. The maximum absolute atomic E-state index is 11.6. The summed E-state index contributed by atoms with van der Waals surface area (Å²) in [5.74, 6) is 0.488. The number of aromatic nitrogens is 2. The molecular weight excluding hydrogens is 242 g/mol. The third-order valence-electron chi connectivity index (χ3n) is 2.21. The first-order chi connectivity index (χ1) is 7.93. The molecule has 1 heterocycles. The van der Waals surface area contributed by atoms with Crippen LogP contribution < -0.4 is 16.4 Å². The summed E-state index contributed by atoms with van der Waals surface area (Å²) in [5.41, 5.74) is 5.47. The van der Waals surface area contributed by atoms with E-state index < -0.39 is 6.04 Å². The molecule has 0 radical (unpaired) electrons. The van der Waals surface area contributed by atoms with Gasteiger partial charge < -0.3 is 16.4 Å². The summed E-state index contributed by atoms with van der Waals surface area (Å²) in [6.07, 6.45) is 0. The first-order valence-corrected chi connectivity index (χ1v) is 5.60. The fourth-order valence-electron chi connectivity index (χ4n) is 1.36. The lowest BCUT2D eigenvalue weighted by Crippen LogP contribution is -2.41. The number of halogens is 1. The maximum atomic E-state index is 11.6. The number of rotatable bonds is 4. The minimum Gasteiger partial charge on any atom is -0.368 e. The molecule has 4 N–H and O–H groups in total. The lowest BCUT2D eigenvalue weighted by molar-refractivity contribution is -0.122. The molecule has 1 rings (SSSR count). The summed E-state index contributed by atoms with van der Waals surface area (Å²) in [5, 5.41) is 5.81. The second-order valence-electron chi connectivity index (χ2n) is 3.91. The Morgan fingerprint density at radius 3 is 2.59 bits per heavy atom. The number of carbonyl (C=O) groups excluding carboxylic acids is 1. The van der Waals surface area contributed by atoms with Crippen molar-refractivity contribution < 1.29 is 4.79 Å². The lowest BCUT2D eigenvalue weighted by atomic mass is 10.0. The van der Waals surface area contributed by atoms with Crippen LogP contribution in [0.5, 0.6) is 0 Å². The Kier molecular flexibility index (Phi) is 4.51. The van der Waals surface area contributed by atoms with E-state index >= 15 is 0 Å². The van der Waals surface area contributed by atoms with Gasteiger partial charge in [-0.25, -0.2) is 4.98 Å². The van der Waals surface area contributed by atoms with E-state index in [2.05, 4.69) is 20.6 Å². The monoisotopic (exact) mass is 257 g/mol. The van der Waals surface area contributed by atoms with E-state index in [4.69, 9.17) is 17.3 Å². The van der Waals surface area contributed by atoms with Crippen LogP contribution >= 0.6 is 11.6 Å². The van der Waals surface area contributed by atoms with Crippen LogP contribution in [-0.2, 0) is 4.79 Å². The first-order valence-electron chi connectivity index (χ1n) is 5.22. The van der Waals surface area contributed by atoms with Gasteiger partial charge in [-0.2, -0.15) is 4.98 Å². The molecule has 6 nitrogen and oxygen atoms in total. The zero-order chi connectivity index (χ0) is 13.0. The van der Waals surface area contributed by atoms with Gasteiger partial charge in [-0.3, -0.25) is 4.79 Å². The molecule has 94 valence electrons. The third kappa shape index (κ3) is 3.74. The number of amides is 1. The zero-order valence-corrected chi connectivity index (χ0v) is 10.7. The quantitative estimate of drug-likeness (QED) is 0.697. The van der Waals surface area contributed by atoms with E-state index in [1.54, 1.807) is 7.05 Å². The van der Waals surface area contributed by atoms with E-state index in [1.807, 2.05) is 13.8 Å². The van der Waals surface area contributed by atoms with E-state index in [9.17, 15) is 4.79 Å². The van der Waals surface area contributed by atoms with E-state index in [-0.39, 0.29) is 22.9 Å². The van der Waals surface area contributed by atoms with Crippen molar-refractivity contribution in [2.24, 2.45) is 5.92 Å². The molecule has 7 heteroatoms. The summed E-state index contributed by atoms with van der Waals surface area (Å²) in [6, 6.07) is 1.13. The van der Waals surface area contributed by atoms with Gasteiger partial charge in [-0.15, -0.1) is 0 Å². The van der Waals surface area contributed by atoms with Crippen molar-refractivity contribution in [3.8, 4) is 0 Å². The Labute approximate surface area is 105 Å². The van der Waals surface area contributed by atoms with Crippen LogP contribution in [0.15, 0.2) is 6.07 Å². The Morgan fingerprint density at radius 1 is 1.47 bits per heavy atom. The molecule has 0 bridgehead atoms. The molecule has 1 aromatic heterocycles. The molecule has 17 heavy (non-hydrogen) atoms. The van der Waals surface area contributed by atoms with Gasteiger partial charge in [-0.05, 0) is 5.92 Å². The Balaban J connectivity index is 2.89. The Bertz CT molecular complexity index is 389. The lowest BCUT2D eigenvalue weighted by Gasteiger charge is -2.21. The van der Waals surface area contributed by atoms with Crippen molar-refractivity contribution in [2.75, 3.05) is 18.1 Å². The molecule has 0 aliphatic heterocycles. The Hall–Kier alpha value is -1.56. The van der Waals surface area contributed by atoms with Crippen molar-refractivity contribution >= 4 is 29.3 Å². The predicted octanol–water partition coefficient (Wildman–Crippen LogP) is 0.895. The van der Waals surface area contributed by atoms with Crippen molar-refractivity contribution in [1.29, 1.82) is 0 Å². The van der Waals surface area contributed by atoms with Gasteiger partial charge in [-0.1, -0.05) is 25.4 Å². The van der Waals surface area contributed by atoms with Crippen LogP contribution in [0.2, 0.25) is 5.15 Å². The summed E-state index contributed by atoms with van der Waals surface area (Å²) >= 11 is 5.75. The number of hydrogen-bond donors (Lipinski definition) is 3. The molecule has 1 atom stereocenters. The highest BCUT2D eigenvalue weighted by Crippen LogP contribution is 2.15. The molecule has 0 fully saturated rings. The molecule has 0 spiro atoms. The minimum absolute atomic E-state index is 0.0689. The van der Waals surface area contributed by atoms with Crippen LogP contribution in [0.3, 0.4) is 0 Å². The second-order valence-corrected chi connectivity index (χ2v) is 4.30. The van der Waals surface area contributed by atoms with Gasteiger partial charge in [0.1, 0.15) is 17.0 Å². The molecule has 0 saturated heterocycles. The second kappa shape index (κ2) is 5.67. The fraction of sp³-hybridized carbons (Fsp3) is 0.500. The van der Waals surface area contributed by atoms with Crippen LogP contribution in [0.25, 0.3) is 0 Å². The topological polar surface area (TPSA) is 92.9 Å². The summed E-state index contributed by atoms with van der Waals surface area (Å²) in [4.78, 5) is 19.4. The highest BCUT2D eigenvalue weighted by molar-refractivity contribution is 6.29. The standard InChI is InChI=1S/C10H16ClN5O/c1-5(2)8(9(17)13-3)15-7-4-6(11)14-10(12)16-7/h4-5,8H,1-3H3,(H,13,17)(H3,12,14,15,16). The number of anilines is 2. The average molecular weight is 258 g/mol. The smallest absolute Gasteiger partial charge is 0.242 e. The number of nitrogens with one attached hydrogen (secondary N) is 2. The largest absolute Gasteiger partial charge is 0.368 e. The predicted molar refractivity (Wildman–Crippen MR) is 67.8 cm³/mol. The number of nitrogens with two attached hydrogens (primary N) is 1. The average Bonchev–Trinajstić information content (AvgIpc) is 2.23. The van der Waals surface area contributed by atoms with Crippen LogP contribution in [0.1, 0.15) is 13.8 Å². The van der Waals surface area contributed by atoms with Crippen molar-refractivity contribution in [2.45, 2.75) is 19.9 Å². The first kappa shape index (κ1) is 13.5. The third-order valence-corrected chi connectivity index (χ3v) is 2.40. The van der Waals surface area contributed by atoms with Crippen molar-refractivity contribution in [3.63, 3.8) is 0 Å². The van der Waals surface area contributed by atoms with Gasteiger partial charge in [0, 0.05) is 13.1 Å². The number of carbonyl (C=O) groups is 1. The maximum Gasteiger partial charge on any atom is 0.242 e. The SMILES string of the molecule is CNC(=O)C(Nc1cc(Cl)nc(N)n1)C(C)C. The van der Waals surface area contributed by atoms with Crippen molar-refractivity contribution in [3.05, 3.63) is 11.2 Å². The molecule has 0 aliphatic rings. The van der Waals surface area contributed by atoms with Gasteiger partial charge in [0.2, 0.25) is 11.9 Å². The number of hydrogen-bond acceptors (Lipinski definition) is 5. The number of nitrogen functional groups attached to an aromatic ring is 1. The summed E-state index contributed by atoms with van der Waals surface area (Å²) < 4.78 is 0. The van der Waals surface area contributed by atoms with Crippen molar-refractivity contribution in [1.82, 2.24) is 15.3 Å². The van der Waals surface area contributed by atoms with Gasteiger partial charge in [0.15, 0.2) is 0 Å². The highest BCUT2D eigenvalue weighted by atomic mass is 35.5. The number of likely N-dealkylation sites (N-methyl/N-ethyl adjacent to an activating group) is 1. The highest BCUT2D eigenvalue weighted by Gasteiger charge is 2.21. The van der Waals surface area contributed by atoms with Crippen LogP contribution in [0.4, 0.5) is 11.8 Å². The fourth-order valence-corrected chi connectivity index (χ4v) is 1.55. The van der Waals surface area contributed by atoms with Gasteiger partial charge >= 0.3 is 0 Å². The molecule has 0 aliphatic carbocycles. The molecule has 1 aromatic rings. The van der Waals surface area contributed by atoms with Crippen LogP contribution in [-0.4, -0.2) is 29.0 Å². The van der Waals surface area contributed by atoms with E-state index in [0.717, 1.165) is 0 Å². The minimum atomic E-state index is -0.398. The molecule has 1 amide bonds. The zero-order valence-electron chi connectivity index (χ0n) is 9.99. The summed E-state index contributed by atoms with van der Waals surface area (Å²) in [6.45, 7) is 3.86. The molecule has 0 saturated carbocycles. The van der Waals surface area contributed by atoms with E-state index in [1.165, 1.54) is 6.07 Å². The molecular formula is C10H16ClN5O. The van der Waals surface area contributed by atoms with Gasteiger partial charge in [0.25, 0.3) is 0 Å². The molecule has 1 unspecified atom stereocenters. The summed E-state index contributed by atoms with van der Waals surface area (Å²) in [7, 11) is 1.58. The van der Waals surface area contributed by atoms with Crippen LogP contribution in [0, 0.1) is 5.92 Å². The molecule has 0 aromatic carbocycles. The van der Waals surface area contributed by atoms with E-state index in [0.29, 0.717) is 5.82 Å². The Morgan fingerprint density at radius 2 is 2.12 bits per heavy atom. The van der Waals surface area contributed by atoms with Gasteiger partial charge in [0.05, 0.1) is 0 Å². The number of nitrogens with zero attached hydrogens (tertiary/aromatic N) is 2.